The quantitative estimate of drug-likeness (QED) is 0.787. The van der Waals surface area contributed by atoms with Crippen LogP contribution >= 0.6 is 0 Å². The van der Waals surface area contributed by atoms with Crippen LogP contribution in [0.25, 0.3) is 0 Å². The summed E-state index contributed by atoms with van der Waals surface area (Å²) in [7, 11) is 0. The van der Waals surface area contributed by atoms with E-state index in [1.54, 1.807) is 0 Å². The topological polar surface area (TPSA) is 61.4 Å². The molecule has 0 bridgehead atoms. The summed E-state index contributed by atoms with van der Waals surface area (Å²) in [6.07, 6.45) is 1.56. The second-order valence-corrected chi connectivity index (χ2v) is 8.00. The molecule has 2 N–H and O–H groups in total. The van der Waals surface area contributed by atoms with Crippen molar-refractivity contribution in [1.29, 1.82) is 0 Å². The van der Waals surface area contributed by atoms with Gasteiger partial charge in [0.25, 0.3) is 0 Å². The predicted molar refractivity (Wildman–Crippen MR) is 117 cm³/mol. The normalized spacial score (nSPS) is 16.2. The maximum atomic E-state index is 12.7. The highest BCUT2D eigenvalue weighted by Gasteiger charge is 2.29. The van der Waals surface area contributed by atoms with Gasteiger partial charge in [0.1, 0.15) is 0 Å². The fourth-order valence-corrected chi connectivity index (χ4v) is 3.84. The van der Waals surface area contributed by atoms with Crippen LogP contribution in [0, 0.1) is 19.8 Å². The lowest BCUT2D eigenvalue weighted by Crippen LogP contribution is -2.48. The molecule has 1 atom stereocenters. The number of aryl methyl sites for hydroxylation is 2. The number of carbonyl (C=O) groups excluding carboxylic acids is 2. The smallest absolute Gasteiger partial charge is 0.241 e. The van der Waals surface area contributed by atoms with E-state index in [4.69, 9.17) is 0 Å². The maximum absolute atomic E-state index is 12.7. The van der Waals surface area contributed by atoms with Crippen molar-refractivity contribution in [3.05, 3.63) is 65.2 Å². The molecular weight excluding hydrogens is 362 g/mol. The second-order valence-electron chi connectivity index (χ2n) is 8.00. The molecule has 2 amide bonds. The van der Waals surface area contributed by atoms with Crippen LogP contribution in [-0.2, 0) is 16.1 Å². The molecule has 0 spiro atoms. The summed E-state index contributed by atoms with van der Waals surface area (Å²) < 4.78 is 0. The first kappa shape index (κ1) is 21.1. The van der Waals surface area contributed by atoms with Gasteiger partial charge in [0.2, 0.25) is 11.8 Å². The third kappa shape index (κ3) is 5.67. The Bertz CT molecular complexity index is 842. The molecule has 0 saturated carbocycles. The summed E-state index contributed by atoms with van der Waals surface area (Å²) in [6.45, 7) is 8.06. The first-order chi connectivity index (χ1) is 13.9. The van der Waals surface area contributed by atoms with Gasteiger partial charge in [0.15, 0.2) is 0 Å². The van der Waals surface area contributed by atoms with Crippen molar-refractivity contribution in [3.63, 3.8) is 0 Å². The van der Waals surface area contributed by atoms with E-state index in [1.807, 2.05) is 63.2 Å². The van der Waals surface area contributed by atoms with E-state index in [0.717, 1.165) is 42.7 Å². The van der Waals surface area contributed by atoms with Crippen LogP contribution in [0.3, 0.4) is 0 Å². The Morgan fingerprint density at radius 3 is 2.41 bits per heavy atom. The Morgan fingerprint density at radius 2 is 1.76 bits per heavy atom. The Labute approximate surface area is 173 Å². The molecule has 2 aromatic rings. The number of likely N-dealkylation sites (tertiary alicyclic amines) is 1. The molecule has 1 aliphatic rings. The highest BCUT2D eigenvalue weighted by molar-refractivity contribution is 5.95. The van der Waals surface area contributed by atoms with Crippen LogP contribution in [-0.4, -0.2) is 35.8 Å². The van der Waals surface area contributed by atoms with Crippen molar-refractivity contribution in [2.45, 2.75) is 46.2 Å². The lowest BCUT2D eigenvalue weighted by molar-refractivity contribution is -0.127. The summed E-state index contributed by atoms with van der Waals surface area (Å²) in [5.74, 6) is 0.134. The number of benzene rings is 2. The van der Waals surface area contributed by atoms with Crippen LogP contribution in [0.15, 0.2) is 48.5 Å². The molecule has 0 aliphatic carbocycles. The van der Waals surface area contributed by atoms with Gasteiger partial charge < -0.3 is 10.6 Å². The average Bonchev–Trinajstić information content (AvgIpc) is 2.74. The molecule has 1 aliphatic heterocycles. The summed E-state index contributed by atoms with van der Waals surface area (Å²) in [6, 6.07) is 15.8. The van der Waals surface area contributed by atoms with Crippen molar-refractivity contribution >= 4 is 17.5 Å². The predicted octanol–water partition coefficient (Wildman–Crippen LogP) is 3.66. The molecule has 0 aromatic heterocycles. The van der Waals surface area contributed by atoms with Crippen LogP contribution in [0.2, 0.25) is 0 Å². The number of amides is 2. The van der Waals surface area contributed by atoms with Crippen molar-refractivity contribution in [2.24, 2.45) is 5.92 Å². The van der Waals surface area contributed by atoms with Crippen molar-refractivity contribution in [2.75, 3.05) is 18.4 Å². The Balaban J connectivity index is 1.46. The van der Waals surface area contributed by atoms with Gasteiger partial charge in [-0.3, -0.25) is 14.5 Å². The van der Waals surface area contributed by atoms with Gasteiger partial charge in [-0.05, 0) is 63.9 Å². The van der Waals surface area contributed by atoms with Crippen LogP contribution < -0.4 is 10.6 Å². The lowest BCUT2D eigenvalue weighted by atomic mass is 9.94. The van der Waals surface area contributed by atoms with Crippen LogP contribution in [0.5, 0.6) is 0 Å². The fourth-order valence-electron chi connectivity index (χ4n) is 3.84. The van der Waals surface area contributed by atoms with E-state index < -0.39 is 0 Å². The highest BCUT2D eigenvalue weighted by Crippen LogP contribution is 2.21. The fraction of sp³-hybridized carbons (Fsp3) is 0.417. The molecule has 0 radical (unpaired) electrons. The van der Waals surface area contributed by atoms with Gasteiger partial charge in [-0.2, -0.15) is 0 Å². The van der Waals surface area contributed by atoms with Gasteiger partial charge in [-0.15, -0.1) is 0 Å². The van der Waals surface area contributed by atoms with Gasteiger partial charge in [-0.25, -0.2) is 0 Å². The minimum absolute atomic E-state index is 0.00364. The number of anilines is 1. The van der Waals surface area contributed by atoms with Crippen molar-refractivity contribution < 1.29 is 9.59 Å². The van der Waals surface area contributed by atoms with Gasteiger partial charge in [-0.1, -0.05) is 48.0 Å². The SMILES string of the molecule is Cc1ccc(NC(=O)C(C)N2CCC(C(=O)NCc3ccccc3)CC2)c(C)c1. The number of nitrogens with zero attached hydrogens (tertiary/aromatic N) is 1. The van der Waals surface area contributed by atoms with E-state index in [-0.39, 0.29) is 23.8 Å². The van der Waals surface area contributed by atoms with Crippen molar-refractivity contribution in [1.82, 2.24) is 10.2 Å². The van der Waals surface area contributed by atoms with E-state index in [0.29, 0.717) is 6.54 Å². The molecule has 154 valence electrons. The van der Waals surface area contributed by atoms with E-state index in [2.05, 4.69) is 21.6 Å². The van der Waals surface area contributed by atoms with Crippen molar-refractivity contribution in [3.8, 4) is 0 Å². The number of nitrogens with one attached hydrogen (secondary N) is 2. The van der Waals surface area contributed by atoms with Gasteiger partial charge in [0, 0.05) is 18.2 Å². The summed E-state index contributed by atoms with van der Waals surface area (Å²) in [5.41, 5.74) is 4.22. The maximum Gasteiger partial charge on any atom is 0.241 e. The Hall–Kier alpha value is -2.66. The zero-order valence-electron chi connectivity index (χ0n) is 17.6. The molecule has 1 unspecified atom stereocenters. The van der Waals surface area contributed by atoms with E-state index >= 15 is 0 Å². The number of hydrogen-bond donors (Lipinski definition) is 2. The monoisotopic (exact) mass is 393 g/mol. The first-order valence-corrected chi connectivity index (χ1v) is 10.4. The molecule has 5 nitrogen and oxygen atoms in total. The van der Waals surface area contributed by atoms with Crippen LogP contribution in [0.4, 0.5) is 5.69 Å². The van der Waals surface area contributed by atoms with Gasteiger partial charge in [0.05, 0.1) is 6.04 Å². The van der Waals surface area contributed by atoms with E-state index in [9.17, 15) is 9.59 Å². The lowest BCUT2D eigenvalue weighted by Gasteiger charge is -2.34. The summed E-state index contributed by atoms with van der Waals surface area (Å²) in [4.78, 5) is 27.3. The number of hydrogen-bond acceptors (Lipinski definition) is 3. The standard InChI is InChI=1S/C24H31N3O2/c1-17-9-10-22(18(2)15-17)26-23(28)19(3)27-13-11-21(12-14-27)24(29)25-16-20-7-5-4-6-8-20/h4-10,15,19,21H,11-14,16H2,1-3H3,(H,25,29)(H,26,28). The molecule has 2 aromatic carbocycles. The zero-order chi connectivity index (χ0) is 20.8. The minimum atomic E-state index is -0.218. The molecule has 29 heavy (non-hydrogen) atoms. The average molecular weight is 394 g/mol. The van der Waals surface area contributed by atoms with Gasteiger partial charge >= 0.3 is 0 Å². The first-order valence-electron chi connectivity index (χ1n) is 10.4. The molecule has 1 heterocycles. The second kappa shape index (κ2) is 9.70. The molecule has 1 saturated heterocycles. The summed E-state index contributed by atoms with van der Waals surface area (Å²) >= 11 is 0. The number of carbonyl (C=O) groups is 2. The number of piperidine rings is 1. The highest BCUT2D eigenvalue weighted by atomic mass is 16.2. The molecule has 5 heteroatoms. The third-order valence-corrected chi connectivity index (χ3v) is 5.78. The molecule has 1 fully saturated rings. The summed E-state index contributed by atoms with van der Waals surface area (Å²) in [5, 5.41) is 6.09. The zero-order valence-corrected chi connectivity index (χ0v) is 17.6. The minimum Gasteiger partial charge on any atom is -0.352 e. The molecule has 3 rings (SSSR count). The Kier molecular flexibility index (Phi) is 7.04. The van der Waals surface area contributed by atoms with E-state index in [1.165, 1.54) is 5.56 Å². The number of rotatable bonds is 6. The largest absolute Gasteiger partial charge is 0.352 e. The molecular formula is C24H31N3O2. The van der Waals surface area contributed by atoms with Crippen LogP contribution in [0.1, 0.15) is 36.5 Å². The third-order valence-electron chi connectivity index (χ3n) is 5.78. The Morgan fingerprint density at radius 1 is 1.07 bits per heavy atom.